The first kappa shape index (κ1) is 24.1. The SMILES string of the molecule is COc1cc(C=CC(=O)NCC(c2ccc(Cl)cc2)N2CCOCC2)ccc1OC(C)C. The topological polar surface area (TPSA) is 60.0 Å². The van der Waals surface area contributed by atoms with Crippen LogP contribution in [0.1, 0.15) is 31.0 Å². The van der Waals surface area contributed by atoms with Gasteiger partial charge in [0.2, 0.25) is 5.91 Å². The fourth-order valence-corrected chi connectivity index (χ4v) is 3.73. The molecule has 0 saturated carbocycles. The molecular formula is C25H31ClN2O4. The quantitative estimate of drug-likeness (QED) is 0.566. The molecular weight excluding hydrogens is 428 g/mol. The molecule has 1 aliphatic rings. The number of benzene rings is 2. The minimum atomic E-state index is -0.154. The zero-order valence-corrected chi connectivity index (χ0v) is 19.6. The fraction of sp³-hybridized carbons (Fsp3) is 0.400. The van der Waals surface area contributed by atoms with Gasteiger partial charge in [-0.1, -0.05) is 29.8 Å². The Hall–Kier alpha value is -2.54. The number of halogens is 1. The average molecular weight is 459 g/mol. The summed E-state index contributed by atoms with van der Waals surface area (Å²) in [6.07, 6.45) is 3.36. The highest BCUT2D eigenvalue weighted by molar-refractivity contribution is 6.30. The number of nitrogens with one attached hydrogen (secondary N) is 1. The molecule has 2 aromatic rings. The van der Waals surface area contributed by atoms with Crippen LogP contribution in [0.25, 0.3) is 6.08 Å². The summed E-state index contributed by atoms with van der Waals surface area (Å²) in [6.45, 7) is 7.45. The van der Waals surface area contributed by atoms with E-state index < -0.39 is 0 Å². The van der Waals surface area contributed by atoms with E-state index in [-0.39, 0.29) is 18.1 Å². The number of nitrogens with zero attached hydrogens (tertiary/aromatic N) is 1. The molecule has 0 bridgehead atoms. The van der Waals surface area contributed by atoms with Crippen LogP contribution in [0, 0.1) is 0 Å². The second-order valence-electron chi connectivity index (χ2n) is 7.87. The Morgan fingerprint density at radius 1 is 1.16 bits per heavy atom. The van der Waals surface area contributed by atoms with Gasteiger partial charge in [-0.25, -0.2) is 0 Å². The number of methoxy groups -OCH3 is 1. The molecule has 0 aliphatic carbocycles. The van der Waals surface area contributed by atoms with E-state index >= 15 is 0 Å². The van der Waals surface area contributed by atoms with Crippen LogP contribution >= 0.6 is 11.6 Å². The molecule has 1 saturated heterocycles. The van der Waals surface area contributed by atoms with Gasteiger partial charge in [0.05, 0.1) is 32.5 Å². The fourth-order valence-electron chi connectivity index (χ4n) is 3.60. The first-order chi connectivity index (χ1) is 15.5. The maximum absolute atomic E-state index is 12.5. The van der Waals surface area contributed by atoms with E-state index in [1.54, 1.807) is 13.2 Å². The van der Waals surface area contributed by atoms with Crippen LogP contribution in [0.3, 0.4) is 0 Å². The molecule has 6 nitrogen and oxygen atoms in total. The number of carbonyl (C=O) groups is 1. The molecule has 2 aromatic carbocycles. The molecule has 172 valence electrons. The van der Waals surface area contributed by atoms with Gasteiger partial charge >= 0.3 is 0 Å². The van der Waals surface area contributed by atoms with Crippen LogP contribution < -0.4 is 14.8 Å². The second kappa shape index (κ2) is 11.9. The summed E-state index contributed by atoms with van der Waals surface area (Å²) in [5.41, 5.74) is 1.97. The standard InChI is InChI=1S/C25H31ClN2O4/c1-18(2)32-23-10-4-19(16-24(23)30-3)5-11-25(29)27-17-22(28-12-14-31-15-13-28)20-6-8-21(26)9-7-20/h4-11,16,18,22H,12-15,17H2,1-3H3,(H,27,29). The average Bonchev–Trinajstić information content (AvgIpc) is 2.80. The molecule has 1 fully saturated rings. The summed E-state index contributed by atoms with van der Waals surface area (Å²) < 4.78 is 16.6. The first-order valence-electron chi connectivity index (χ1n) is 10.8. The number of rotatable bonds is 9. The van der Waals surface area contributed by atoms with Gasteiger partial charge in [-0.3, -0.25) is 9.69 Å². The van der Waals surface area contributed by atoms with Crippen molar-refractivity contribution in [1.82, 2.24) is 10.2 Å². The van der Waals surface area contributed by atoms with Crippen molar-refractivity contribution >= 4 is 23.6 Å². The lowest BCUT2D eigenvalue weighted by Crippen LogP contribution is -2.43. The molecule has 7 heteroatoms. The van der Waals surface area contributed by atoms with Gasteiger partial charge in [0, 0.05) is 30.7 Å². The zero-order chi connectivity index (χ0) is 22.9. The summed E-state index contributed by atoms with van der Waals surface area (Å²) >= 11 is 6.06. The predicted octanol–water partition coefficient (Wildman–Crippen LogP) is 4.34. The summed E-state index contributed by atoms with van der Waals surface area (Å²) in [5, 5.41) is 3.73. The Kier molecular flexibility index (Phi) is 8.97. The Balaban J connectivity index is 1.64. The Labute approximate surface area is 195 Å². The van der Waals surface area contributed by atoms with Gasteiger partial charge in [-0.05, 0) is 55.3 Å². The van der Waals surface area contributed by atoms with Crippen molar-refractivity contribution in [3.63, 3.8) is 0 Å². The zero-order valence-electron chi connectivity index (χ0n) is 18.8. The van der Waals surface area contributed by atoms with Crippen molar-refractivity contribution in [2.75, 3.05) is 40.0 Å². The second-order valence-corrected chi connectivity index (χ2v) is 8.31. The smallest absolute Gasteiger partial charge is 0.244 e. The summed E-state index contributed by atoms with van der Waals surface area (Å²) in [5.74, 6) is 1.16. The number of ether oxygens (including phenoxy) is 3. The number of carbonyl (C=O) groups excluding carboxylic acids is 1. The lowest BCUT2D eigenvalue weighted by atomic mass is 10.0. The van der Waals surface area contributed by atoms with Crippen LogP contribution in [-0.4, -0.2) is 56.9 Å². The molecule has 0 spiro atoms. The predicted molar refractivity (Wildman–Crippen MR) is 127 cm³/mol. The van der Waals surface area contributed by atoms with E-state index in [0.717, 1.165) is 24.2 Å². The summed E-state index contributed by atoms with van der Waals surface area (Å²) in [4.78, 5) is 14.9. The molecule has 3 rings (SSSR count). The monoisotopic (exact) mass is 458 g/mol. The Morgan fingerprint density at radius 2 is 1.88 bits per heavy atom. The van der Waals surface area contributed by atoms with Gasteiger partial charge < -0.3 is 19.5 Å². The van der Waals surface area contributed by atoms with Crippen molar-refractivity contribution in [3.05, 3.63) is 64.7 Å². The van der Waals surface area contributed by atoms with E-state index in [2.05, 4.69) is 10.2 Å². The molecule has 1 heterocycles. The highest BCUT2D eigenvalue weighted by Gasteiger charge is 2.23. The molecule has 0 aromatic heterocycles. The minimum absolute atomic E-state index is 0.0520. The summed E-state index contributed by atoms with van der Waals surface area (Å²) in [6, 6.07) is 13.4. The largest absolute Gasteiger partial charge is 0.493 e. The third-order valence-electron chi connectivity index (χ3n) is 5.19. The van der Waals surface area contributed by atoms with E-state index in [9.17, 15) is 4.79 Å². The molecule has 32 heavy (non-hydrogen) atoms. The molecule has 1 unspecified atom stereocenters. The van der Waals surface area contributed by atoms with E-state index in [1.165, 1.54) is 6.08 Å². The van der Waals surface area contributed by atoms with E-state index in [4.69, 9.17) is 25.8 Å². The van der Waals surface area contributed by atoms with Gasteiger partial charge in [0.15, 0.2) is 11.5 Å². The molecule has 1 aliphatic heterocycles. The van der Waals surface area contributed by atoms with Crippen LogP contribution in [0.15, 0.2) is 48.5 Å². The van der Waals surface area contributed by atoms with Gasteiger partial charge in [0.1, 0.15) is 0 Å². The van der Waals surface area contributed by atoms with Crippen molar-refractivity contribution in [1.29, 1.82) is 0 Å². The molecule has 1 N–H and O–H groups in total. The third kappa shape index (κ3) is 6.99. The molecule has 0 radical (unpaired) electrons. The van der Waals surface area contributed by atoms with Crippen LogP contribution in [0.2, 0.25) is 5.02 Å². The van der Waals surface area contributed by atoms with Crippen molar-refractivity contribution in [3.8, 4) is 11.5 Å². The summed E-state index contributed by atoms with van der Waals surface area (Å²) in [7, 11) is 1.60. The van der Waals surface area contributed by atoms with Gasteiger partial charge in [-0.2, -0.15) is 0 Å². The lowest BCUT2D eigenvalue weighted by Gasteiger charge is -2.34. The highest BCUT2D eigenvalue weighted by atomic mass is 35.5. The van der Waals surface area contributed by atoms with Gasteiger partial charge in [0.25, 0.3) is 0 Å². The number of hydrogen-bond donors (Lipinski definition) is 1. The normalized spacial score (nSPS) is 15.7. The van der Waals surface area contributed by atoms with E-state index in [1.807, 2.05) is 56.3 Å². The minimum Gasteiger partial charge on any atom is -0.493 e. The lowest BCUT2D eigenvalue weighted by molar-refractivity contribution is -0.116. The number of morpholine rings is 1. The number of amides is 1. The maximum Gasteiger partial charge on any atom is 0.244 e. The Morgan fingerprint density at radius 3 is 2.53 bits per heavy atom. The maximum atomic E-state index is 12.5. The van der Waals surface area contributed by atoms with Crippen molar-refractivity contribution < 1.29 is 19.0 Å². The molecule has 1 atom stereocenters. The van der Waals surface area contributed by atoms with Crippen LogP contribution in [0.5, 0.6) is 11.5 Å². The van der Waals surface area contributed by atoms with Gasteiger partial charge in [-0.15, -0.1) is 0 Å². The first-order valence-corrected chi connectivity index (χ1v) is 11.2. The van der Waals surface area contributed by atoms with E-state index in [0.29, 0.717) is 36.3 Å². The van der Waals surface area contributed by atoms with Crippen molar-refractivity contribution in [2.45, 2.75) is 26.0 Å². The van der Waals surface area contributed by atoms with Crippen molar-refractivity contribution in [2.24, 2.45) is 0 Å². The molecule has 1 amide bonds. The van der Waals surface area contributed by atoms with Crippen LogP contribution in [0.4, 0.5) is 0 Å². The number of hydrogen-bond acceptors (Lipinski definition) is 5. The highest BCUT2D eigenvalue weighted by Crippen LogP contribution is 2.29. The Bertz CT molecular complexity index is 909. The third-order valence-corrected chi connectivity index (χ3v) is 5.44. The van der Waals surface area contributed by atoms with Crippen LogP contribution in [-0.2, 0) is 9.53 Å².